The van der Waals surface area contributed by atoms with E-state index in [1.807, 2.05) is 37.3 Å². The second-order valence-electron chi connectivity index (χ2n) is 4.14. The summed E-state index contributed by atoms with van der Waals surface area (Å²) in [6, 6.07) is 13.6. The first-order valence-electron chi connectivity index (χ1n) is 5.81. The van der Waals surface area contributed by atoms with Crippen LogP contribution in [0, 0.1) is 36.5 Å². The van der Waals surface area contributed by atoms with Gasteiger partial charge in [0.1, 0.15) is 23.5 Å². The van der Waals surface area contributed by atoms with E-state index in [9.17, 15) is 10.5 Å². The molecule has 0 amide bonds. The normalized spacial score (nSPS) is 9.47. The molecule has 4 nitrogen and oxygen atoms in total. The topological polar surface area (TPSA) is 72.5 Å². The van der Waals surface area contributed by atoms with Crippen molar-refractivity contribution in [3.63, 3.8) is 0 Å². The number of nitrogens with zero attached hydrogens (tertiary/aromatic N) is 3. The van der Waals surface area contributed by atoms with Crippen molar-refractivity contribution in [1.82, 2.24) is 4.98 Å². The summed E-state index contributed by atoms with van der Waals surface area (Å²) in [5.41, 5.74) is 2.99. The zero-order valence-electron chi connectivity index (χ0n) is 10.7. The van der Waals surface area contributed by atoms with Gasteiger partial charge in [0.15, 0.2) is 0 Å². The maximum atomic E-state index is 9.24. The molecule has 0 atom stereocenters. The molecular weight excluding hydrogens is 236 g/mol. The molecule has 0 radical (unpaired) electrons. The van der Waals surface area contributed by atoms with Gasteiger partial charge in [0.25, 0.3) is 0 Å². The number of anilines is 2. The third kappa shape index (κ3) is 2.38. The van der Waals surface area contributed by atoms with E-state index >= 15 is 0 Å². The molecular formula is C15H12N4. The van der Waals surface area contributed by atoms with Gasteiger partial charge < -0.3 is 5.32 Å². The molecule has 2 aromatic rings. The Hall–Kier alpha value is -2.85. The molecule has 1 aromatic heterocycles. The minimum absolute atomic E-state index is 0.287. The van der Waals surface area contributed by atoms with Crippen molar-refractivity contribution in [2.45, 2.75) is 13.8 Å². The molecule has 1 aromatic carbocycles. The molecule has 19 heavy (non-hydrogen) atoms. The average Bonchev–Trinajstić information content (AvgIpc) is 2.43. The Morgan fingerprint density at radius 3 is 2.21 bits per heavy atom. The molecule has 0 fully saturated rings. The molecule has 0 spiro atoms. The fourth-order valence-electron chi connectivity index (χ4n) is 1.79. The van der Waals surface area contributed by atoms with Gasteiger partial charge in [-0.15, -0.1) is 0 Å². The summed E-state index contributed by atoms with van der Waals surface area (Å²) in [5.74, 6) is 0.424. The van der Waals surface area contributed by atoms with E-state index in [2.05, 4.69) is 22.4 Å². The SMILES string of the molecule is Cc1nc(Nc2ccccc2)c(C#N)c(C#N)c1C. The van der Waals surface area contributed by atoms with Crippen LogP contribution in [0.5, 0.6) is 0 Å². The first kappa shape index (κ1) is 12.6. The van der Waals surface area contributed by atoms with Crippen LogP contribution in [-0.4, -0.2) is 4.98 Å². The molecule has 0 bridgehead atoms. The predicted octanol–water partition coefficient (Wildman–Crippen LogP) is 3.19. The largest absolute Gasteiger partial charge is 0.339 e. The first-order valence-corrected chi connectivity index (χ1v) is 5.81. The maximum absolute atomic E-state index is 9.24. The van der Waals surface area contributed by atoms with Crippen molar-refractivity contribution < 1.29 is 0 Å². The Labute approximate surface area is 112 Å². The summed E-state index contributed by atoms with van der Waals surface area (Å²) in [4.78, 5) is 4.36. The van der Waals surface area contributed by atoms with E-state index < -0.39 is 0 Å². The highest BCUT2D eigenvalue weighted by molar-refractivity contribution is 5.68. The highest BCUT2D eigenvalue weighted by Crippen LogP contribution is 2.24. The highest BCUT2D eigenvalue weighted by atomic mass is 15.0. The number of aromatic nitrogens is 1. The van der Waals surface area contributed by atoms with Crippen LogP contribution < -0.4 is 5.32 Å². The smallest absolute Gasteiger partial charge is 0.149 e. The van der Waals surface area contributed by atoms with Crippen LogP contribution in [0.25, 0.3) is 0 Å². The van der Waals surface area contributed by atoms with E-state index in [4.69, 9.17) is 0 Å². The fourth-order valence-corrected chi connectivity index (χ4v) is 1.79. The van der Waals surface area contributed by atoms with Gasteiger partial charge in [-0.3, -0.25) is 0 Å². The van der Waals surface area contributed by atoms with Gasteiger partial charge in [-0.2, -0.15) is 10.5 Å². The Morgan fingerprint density at radius 1 is 1.00 bits per heavy atom. The molecule has 0 saturated heterocycles. The Kier molecular flexibility index (Phi) is 3.45. The van der Waals surface area contributed by atoms with Crippen LogP contribution >= 0.6 is 0 Å². The lowest BCUT2D eigenvalue weighted by Crippen LogP contribution is -2.04. The lowest BCUT2D eigenvalue weighted by Gasteiger charge is -2.11. The van der Waals surface area contributed by atoms with Crippen LogP contribution in [0.4, 0.5) is 11.5 Å². The molecule has 0 aliphatic heterocycles. The van der Waals surface area contributed by atoms with Gasteiger partial charge in [0.2, 0.25) is 0 Å². The number of pyridine rings is 1. The fraction of sp³-hybridized carbons (Fsp3) is 0.133. The molecule has 0 saturated carbocycles. The number of para-hydroxylation sites is 1. The number of rotatable bonds is 2. The van der Waals surface area contributed by atoms with Gasteiger partial charge in [-0.25, -0.2) is 4.98 Å². The first-order chi connectivity index (χ1) is 9.17. The Balaban J connectivity index is 2.56. The Morgan fingerprint density at radius 2 is 1.63 bits per heavy atom. The minimum atomic E-state index is 0.287. The van der Waals surface area contributed by atoms with Crippen LogP contribution in [0.1, 0.15) is 22.4 Å². The highest BCUT2D eigenvalue weighted by Gasteiger charge is 2.15. The molecule has 0 aliphatic rings. The van der Waals surface area contributed by atoms with Crippen molar-refractivity contribution in [1.29, 1.82) is 10.5 Å². The predicted molar refractivity (Wildman–Crippen MR) is 72.9 cm³/mol. The quantitative estimate of drug-likeness (QED) is 0.885. The molecule has 0 aliphatic carbocycles. The third-order valence-electron chi connectivity index (χ3n) is 2.94. The lowest BCUT2D eigenvalue weighted by molar-refractivity contribution is 1.13. The third-order valence-corrected chi connectivity index (χ3v) is 2.94. The van der Waals surface area contributed by atoms with Crippen molar-refractivity contribution in [2.24, 2.45) is 0 Å². The summed E-state index contributed by atoms with van der Waals surface area (Å²) in [7, 11) is 0. The molecule has 1 N–H and O–H groups in total. The van der Waals surface area contributed by atoms with Gasteiger partial charge in [0, 0.05) is 11.4 Å². The summed E-state index contributed by atoms with van der Waals surface area (Å²) in [6.07, 6.45) is 0. The van der Waals surface area contributed by atoms with E-state index in [0.717, 1.165) is 16.9 Å². The van der Waals surface area contributed by atoms with E-state index in [-0.39, 0.29) is 5.56 Å². The molecule has 2 rings (SSSR count). The van der Waals surface area contributed by atoms with Crippen molar-refractivity contribution >= 4 is 11.5 Å². The summed E-state index contributed by atoms with van der Waals surface area (Å²) in [6.45, 7) is 3.63. The average molecular weight is 248 g/mol. The zero-order chi connectivity index (χ0) is 13.8. The van der Waals surface area contributed by atoms with Gasteiger partial charge in [-0.1, -0.05) is 18.2 Å². The summed E-state index contributed by atoms with van der Waals surface area (Å²) in [5, 5.41) is 21.5. The second kappa shape index (κ2) is 5.20. The van der Waals surface area contributed by atoms with Gasteiger partial charge >= 0.3 is 0 Å². The number of aryl methyl sites for hydroxylation is 1. The van der Waals surface area contributed by atoms with Gasteiger partial charge in [-0.05, 0) is 31.5 Å². The van der Waals surface area contributed by atoms with Crippen LogP contribution in [-0.2, 0) is 0 Å². The van der Waals surface area contributed by atoms with E-state index in [1.165, 1.54) is 0 Å². The van der Waals surface area contributed by atoms with Crippen LogP contribution in [0.15, 0.2) is 30.3 Å². The Bertz CT molecular complexity index is 691. The minimum Gasteiger partial charge on any atom is -0.339 e. The molecule has 0 unspecified atom stereocenters. The lowest BCUT2D eigenvalue weighted by atomic mass is 10.0. The van der Waals surface area contributed by atoms with Crippen LogP contribution in [0.3, 0.4) is 0 Å². The number of nitriles is 2. The second-order valence-corrected chi connectivity index (χ2v) is 4.14. The van der Waals surface area contributed by atoms with Crippen molar-refractivity contribution in [2.75, 3.05) is 5.32 Å². The number of nitrogens with one attached hydrogen (secondary N) is 1. The molecule has 1 heterocycles. The van der Waals surface area contributed by atoms with Gasteiger partial charge in [0.05, 0.1) is 5.56 Å². The van der Waals surface area contributed by atoms with Crippen molar-refractivity contribution in [3.8, 4) is 12.1 Å². The zero-order valence-corrected chi connectivity index (χ0v) is 10.7. The number of hydrogen-bond acceptors (Lipinski definition) is 4. The van der Waals surface area contributed by atoms with Crippen LogP contribution in [0.2, 0.25) is 0 Å². The van der Waals surface area contributed by atoms with E-state index in [0.29, 0.717) is 11.4 Å². The summed E-state index contributed by atoms with van der Waals surface area (Å²) >= 11 is 0. The van der Waals surface area contributed by atoms with E-state index in [1.54, 1.807) is 6.92 Å². The number of benzene rings is 1. The monoisotopic (exact) mass is 248 g/mol. The molecule has 4 heteroatoms. The van der Waals surface area contributed by atoms with Crippen molar-refractivity contribution in [3.05, 3.63) is 52.7 Å². The standard InChI is InChI=1S/C15H12N4/c1-10-11(2)18-15(14(9-17)13(10)8-16)19-12-6-4-3-5-7-12/h3-7H,1-2H3,(H,18,19). The summed E-state index contributed by atoms with van der Waals surface area (Å²) < 4.78 is 0. The number of hydrogen-bond donors (Lipinski definition) is 1. The molecule has 92 valence electrons. The maximum Gasteiger partial charge on any atom is 0.149 e.